The lowest BCUT2D eigenvalue weighted by atomic mass is 9.76. The average Bonchev–Trinajstić information content (AvgIpc) is 3.68. The van der Waals surface area contributed by atoms with E-state index >= 15 is 0 Å². The number of carbonyl (C=O) groups is 4. The van der Waals surface area contributed by atoms with Crippen LogP contribution in [0.25, 0.3) is 0 Å². The molecule has 0 aromatic heterocycles. The van der Waals surface area contributed by atoms with Gasteiger partial charge in [-0.3, -0.25) is 24.5 Å². The van der Waals surface area contributed by atoms with Crippen LogP contribution >= 0.6 is 0 Å². The molecule has 39 heavy (non-hydrogen) atoms. The second-order valence-electron chi connectivity index (χ2n) is 10.7. The Labute approximate surface area is 226 Å². The quantitative estimate of drug-likeness (QED) is 0.535. The second-order valence-corrected chi connectivity index (χ2v) is 10.7. The molecule has 2 fully saturated rings. The molecule has 8 heteroatoms. The molecular weight excluding hydrogens is 492 g/mol. The Hall–Kier alpha value is -4.30. The van der Waals surface area contributed by atoms with Gasteiger partial charge in [-0.25, -0.2) is 4.90 Å². The number of rotatable bonds is 4. The van der Waals surface area contributed by atoms with E-state index in [1.807, 2.05) is 61.5 Å². The van der Waals surface area contributed by atoms with Crippen LogP contribution in [0.5, 0.6) is 0 Å². The zero-order chi connectivity index (χ0) is 26.9. The molecule has 196 valence electrons. The number of anilines is 3. The van der Waals surface area contributed by atoms with Crippen molar-refractivity contribution >= 4 is 40.7 Å². The highest BCUT2D eigenvalue weighted by Crippen LogP contribution is 2.55. The number of para-hydroxylation sites is 3. The molecule has 0 saturated carbocycles. The maximum atomic E-state index is 14.5. The zero-order valence-electron chi connectivity index (χ0n) is 21.5. The predicted octanol–water partition coefficient (Wildman–Crippen LogP) is 3.01. The SMILES string of the molecule is CC[C@@H]1N[C@]2(C(=O)N(CC(=O)N3CCc4ccccc43)c3ccccc32)[C@@H]2C(=O)N(c3ccccc3)C(=O)[C@H]12. The summed E-state index contributed by atoms with van der Waals surface area (Å²) < 4.78 is 0. The lowest BCUT2D eigenvalue weighted by Gasteiger charge is -2.30. The smallest absolute Gasteiger partial charge is 0.253 e. The molecule has 1 spiro atoms. The Balaban J connectivity index is 1.29. The highest BCUT2D eigenvalue weighted by Gasteiger charge is 2.71. The summed E-state index contributed by atoms with van der Waals surface area (Å²) in [6, 6.07) is 23.7. The molecule has 0 unspecified atom stereocenters. The maximum absolute atomic E-state index is 14.5. The summed E-state index contributed by atoms with van der Waals surface area (Å²) in [5, 5.41) is 3.46. The number of nitrogens with one attached hydrogen (secondary N) is 1. The third-order valence-electron chi connectivity index (χ3n) is 8.80. The van der Waals surface area contributed by atoms with Gasteiger partial charge in [-0.15, -0.1) is 0 Å². The van der Waals surface area contributed by atoms with Gasteiger partial charge < -0.3 is 9.80 Å². The highest BCUT2D eigenvalue weighted by molar-refractivity contribution is 6.26. The van der Waals surface area contributed by atoms with Crippen molar-refractivity contribution in [2.24, 2.45) is 11.8 Å². The first-order chi connectivity index (χ1) is 19.0. The number of hydrogen-bond acceptors (Lipinski definition) is 5. The van der Waals surface area contributed by atoms with E-state index < -0.39 is 17.4 Å². The van der Waals surface area contributed by atoms with Crippen molar-refractivity contribution in [3.63, 3.8) is 0 Å². The molecule has 4 amide bonds. The normalized spacial score (nSPS) is 26.9. The van der Waals surface area contributed by atoms with Gasteiger partial charge in [0.1, 0.15) is 12.1 Å². The van der Waals surface area contributed by atoms with Crippen LogP contribution in [-0.4, -0.2) is 42.8 Å². The van der Waals surface area contributed by atoms with Crippen LogP contribution in [0.1, 0.15) is 24.5 Å². The summed E-state index contributed by atoms with van der Waals surface area (Å²) in [5.74, 6) is -2.80. The Kier molecular flexibility index (Phi) is 5.25. The van der Waals surface area contributed by atoms with Gasteiger partial charge in [0, 0.05) is 29.5 Å². The molecule has 3 aromatic rings. The van der Waals surface area contributed by atoms with Gasteiger partial charge in [0.05, 0.1) is 17.5 Å². The topological polar surface area (TPSA) is 90.0 Å². The molecule has 4 atom stereocenters. The molecule has 4 heterocycles. The molecule has 0 aliphatic carbocycles. The predicted molar refractivity (Wildman–Crippen MR) is 146 cm³/mol. The van der Waals surface area contributed by atoms with Gasteiger partial charge >= 0.3 is 0 Å². The number of nitrogens with zero attached hydrogens (tertiary/aromatic N) is 3. The second kappa shape index (κ2) is 8.61. The Morgan fingerprint density at radius 3 is 2.36 bits per heavy atom. The molecule has 7 rings (SSSR count). The van der Waals surface area contributed by atoms with E-state index in [1.54, 1.807) is 29.2 Å². The third kappa shape index (κ3) is 3.15. The third-order valence-corrected chi connectivity index (χ3v) is 8.80. The van der Waals surface area contributed by atoms with Gasteiger partial charge in [-0.05, 0) is 42.7 Å². The lowest BCUT2D eigenvalue weighted by Crippen LogP contribution is -2.56. The maximum Gasteiger partial charge on any atom is 0.253 e. The Morgan fingerprint density at radius 2 is 1.59 bits per heavy atom. The summed E-state index contributed by atoms with van der Waals surface area (Å²) in [4.78, 5) is 60.4. The van der Waals surface area contributed by atoms with Gasteiger partial charge in [-0.2, -0.15) is 0 Å². The molecule has 2 saturated heterocycles. The van der Waals surface area contributed by atoms with Crippen molar-refractivity contribution in [3.05, 3.63) is 90.0 Å². The summed E-state index contributed by atoms with van der Waals surface area (Å²) in [6.45, 7) is 2.37. The van der Waals surface area contributed by atoms with Crippen LogP contribution in [-0.2, 0) is 31.1 Å². The number of fused-ring (bicyclic) bond motifs is 5. The summed E-state index contributed by atoms with van der Waals surface area (Å²) in [7, 11) is 0. The number of benzene rings is 3. The van der Waals surface area contributed by atoms with E-state index in [-0.39, 0.29) is 36.2 Å². The number of imide groups is 1. The minimum absolute atomic E-state index is 0.147. The Bertz CT molecular complexity index is 1540. The van der Waals surface area contributed by atoms with Crippen LogP contribution in [0.4, 0.5) is 17.1 Å². The lowest BCUT2D eigenvalue weighted by molar-refractivity contribution is -0.132. The molecule has 3 aromatic carbocycles. The van der Waals surface area contributed by atoms with Crippen molar-refractivity contribution < 1.29 is 19.2 Å². The van der Waals surface area contributed by atoms with Gasteiger partial charge in [0.25, 0.3) is 5.91 Å². The van der Waals surface area contributed by atoms with E-state index in [2.05, 4.69) is 5.32 Å². The van der Waals surface area contributed by atoms with E-state index in [9.17, 15) is 19.2 Å². The molecule has 8 nitrogen and oxygen atoms in total. The summed E-state index contributed by atoms with van der Waals surface area (Å²) in [5.41, 5.74) is 2.32. The fourth-order valence-electron chi connectivity index (χ4n) is 7.11. The first kappa shape index (κ1) is 23.8. The number of amides is 4. The first-order valence-corrected chi connectivity index (χ1v) is 13.5. The number of carbonyl (C=O) groups excluding carboxylic acids is 4. The standard InChI is InChI=1S/C31H28N4O4/c1-2-22-26-27(29(38)35(28(26)37)20-11-4-3-5-12-20)31(32-22)21-13-7-9-15-24(21)34(30(31)39)18-25(36)33-17-16-19-10-6-8-14-23(19)33/h3-15,22,26-27,32H,2,16-18H2,1H3/t22-,26+,27-,31-/m0/s1. The minimum Gasteiger partial charge on any atom is -0.310 e. The van der Waals surface area contributed by atoms with Crippen LogP contribution in [0.3, 0.4) is 0 Å². The fraction of sp³-hybridized carbons (Fsp3) is 0.290. The van der Waals surface area contributed by atoms with Gasteiger partial charge in [0.15, 0.2) is 0 Å². The fourth-order valence-corrected chi connectivity index (χ4v) is 7.11. The van der Waals surface area contributed by atoms with Crippen LogP contribution in [0.15, 0.2) is 78.9 Å². The van der Waals surface area contributed by atoms with Gasteiger partial charge in [0.2, 0.25) is 17.7 Å². The highest BCUT2D eigenvalue weighted by atomic mass is 16.2. The monoisotopic (exact) mass is 520 g/mol. The minimum atomic E-state index is -1.42. The summed E-state index contributed by atoms with van der Waals surface area (Å²) in [6.07, 6.45) is 1.34. The average molecular weight is 521 g/mol. The van der Waals surface area contributed by atoms with E-state index in [4.69, 9.17) is 0 Å². The van der Waals surface area contributed by atoms with E-state index in [0.29, 0.717) is 29.9 Å². The molecule has 4 aliphatic heterocycles. The van der Waals surface area contributed by atoms with E-state index in [1.165, 1.54) is 9.80 Å². The van der Waals surface area contributed by atoms with Crippen molar-refractivity contribution in [2.45, 2.75) is 31.3 Å². The van der Waals surface area contributed by atoms with E-state index in [0.717, 1.165) is 17.7 Å². The molecule has 0 radical (unpaired) electrons. The van der Waals surface area contributed by atoms with Crippen LogP contribution in [0.2, 0.25) is 0 Å². The van der Waals surface area contributed by atoms with Gasteiger partial charge in [-0.1, -0.05) is 61.5 Å². The van der Waals surface area contributed by atoms with Crippen molar-refractivity contribution in [1.82, 2.24) is 5.32 Å². The van der Waals surface area contributed by atoms with Crippen LogP contribution < -0.4 is 20.0 Å². The van der Waals surface area contributed by atoms with Crippen molar-refractivity contribution in [1.29, 1.82) is 0 Å². The van der Waals surface area contributed by atoms with Crippen molar-refractivity contribution in [2.75, 3.05) is 27.8 Å². The molecule has 4 aliphatic rings. The first-order valence-electron chi connectivity index (χ1n) is 13.5. The van der Waals surface area contributed by atoms with Crippen molar-refractivity contribution in [3.8, 4) is 0 Å². The largest absolute Gasteiger partial charge is 0.310 e. The molecular formula is C31H28N4O4. The van der Waals surface area contributed by atoms with Crippen LogP contribution in [0, 0.1) is 11.8 Å². The Morgan fingerprint density at radius 1 is 0.897 bits per heavy atom. The molecule has 1 N–H and O–H groups in total. The molecule has 0 bridgehead atoms. The zero-order valence-corrected chi connectivity index (χ0v) is 21.5. The summed E-state index contributed by atoms with van der Waals surface area (Å²) >= 11 is 0. The number of hydrogen-bond donors (Lipinski definition) is 1.